The smallest absolute Gasteiger partial charge is 0.316 e. The molecule has 2 aliphatic rings. The Morgan fingerprint density at radius 3 is 2.76 bits per heavy atom. The normalized spacial score (nSPS) is 21.2. The highest BCUT2D eigenvalue weighted by Gasteiger charge is 2.34. The standard InChI is InChI=1S/C23H31BrN6O6S/c1-3-4-8-29-37(32,33)30-21-20(17-6-5-16(2)19(12-17)36-15-31)22(28-14-27-21)34-10-11-35-23-25-9-7-18(24)13-26-23/h5-7,9,12-14,18,20-21,29-31H,3-4,8,10-11,15H2,1-2H3. The predicted octanol–water partition coefficient (Wildman–Crippen LogP) is 2.15. The van der Waals surface area contributed by atoms with Crippen molar-refractivity contribution in [2.24, 2.45) is 20.0 Å². The monoisotopic (exact) mass is 598 g/mol. The van der Waals surface area contributed by atoms with Gasteiger partial charge < -0.3 is 19.3 Å². The third-order valence-corrected chi connectivity index (χ3v) is 6.91. The van der Waals surface area contributed by atoms with Crippen molar-refractivity contribution in [2.45, 2.75) is 43.6 Å². The maximum atomic E-state index is 12.7. The largest absolute Gasteiger partial charge is 0.477 e. The van der Waals surface area contributed by atoms with Crippen molar-refractivity contribution in [3.63, 3.8) is 0 Å². The first-order valence-electron chi connectivity index (χ1n) is 11.7. The van der Waals surface area contributed by atoms with Crippen LogP contribution in [0, 0.1) is 6.92 Å². The van der Waals surface area contributed by atoms with E-state index in [0.29, 0.717) is 24.3 Å². The molecule has 3 N–H and O–H groups in total. The highest BCUT2D eigenvalue weighted by atomic mass is 79.9. The Bertz CT molecular complexity index is 1170. The number of rotatable bonds is 12. The van der Waals surface area contributed by atoms with E-state index in [2.05, 4.69) is 45.3 Å². The summed E-state index contributed by atoms with van der Waals surface area (Å²) in [5.74, 6) is -0.0209. The van der Waals surface area contributed by atoms with E-state index in [1.807, 2.05) is 26.0 Å². The van der Waals surface area contributed by atoms with Crippen LogP contribution in [0.25, 0.3) is 0 Å². The summed E-state index contributed by atoms with van der Waals surface area (Å²) in [6.45, 7) is 3.83. The first-order chi connectivity index (χ1) is 17.8. The van der Waals surface area contributed by atoms with E-state index in [0.717, 1.165) is 12.0 Å². The van der Waals surface area contributed by atoms with Gasteiger partial charge in [0.2, 0.25) is 5.90 Å². The van der Waals surface area contributed by atoms with Gasteiger partial charge in [-0.2, -0.15) is 13.1 Å². The first-order valence-corrected chi connectivity index (χ1v) is 14.1. The molecule has 1 aromatic rings. The summed E-state index contributed by atoms with van der Waals surface area (Å²) in [7, 11) is -3.86. The number of aryl methyl sites for hydroxylation is 1. The lowest BCUT2D eigenvalue weighted by Crippen LogP contribution is -2.47. The molecule has 14 heteroatoms. The Kier molecular flexibility index (Phi) is 11.2. The van der Waals surface area contributed by atoms with Gasteiger partial charge in [-0.3, -0.25) is 4.99 Å². The fraction of sp³-hybridized carbons (Fsp3) is 0.478. The molecule has 0 aromatic heterocycles. The van der Waals surface area contributed by atoms with Gasteiger partial charge in [-0.15, -0.1) is 0 Å². The van der Waals surface area contributed by atoms with Gasteiger partial charge in [0, 0.05) is 19.0 Å². The zero-order valence-corrected chi connectivity index (χ0v) is 23.0. The highest BCUT2D eigenvalue weighted by Crippen LogP contribution is 2.30. The molecule has 0 saturated heterocycles. The Hall–Kier alpha value is -2.65. The molecule has 0 saturated carbocycles. The molecule has 2 aliphatic heterocycles. The van der Waals surface area contributed by atoms with Crippen molar-refractivity contribution in [3.05, 3.63) is 41.6 Å². The summed E-state index contributed by atoms with van der Waals surface area (Å²) < 4.78 is 47.3. The minimum Gasteiger partial charge on any atom is -0.477 e. The van der Waals surface area contributed by atoms with Crippen molar-refractivity contribution in [1.29, 1.82) is 0 Å². The number of ether oxygens (including phenoxy) is 3. The van der Waals surface area contributed by atoms with Crippen molar-refractivity contribution in [3.8, 4) is 5.75 Å². The van der Waals surface area contributed by atoms with Crippen molar-refractivity contribution in [1.82, 2.24) is 9.44 Å². The van der Waals surface area contributed by atoms with Gasteiger partial charge in [0.1, 0.15) is 31.5 Å². The van der Waals surface area contributed by atoms with E-state index in [4.69, 9.17) is 14.2 Å². The van der Waals surface area contributed by atoms with Crippen LogP contribution >= 0.6 is 15.9 Å². The third kappa shape index (κ3) is 9.00. The fourth-order valence-corrected chi connectivity index (χ4v) is 4.66. The molecular weight excluding hydrogens is 568 g/mol. The maximum absolute atomic E-state index is 12.7. The number of nitrogens with one attached hydrogen (secondary N) is 2. The second-order valence-electron chi connectivity index (χ2n) is 7.99. The topological polar surface area (TPSA) is 156 Å². The Balaban J connectivity index is 1.76. The predicted molar refractivity (Wildman–Crippen MR) is 146 cm³/mol. The maximum Gasteiger partial charge on any atom is 0.316 e. The molecule has 0 aliphatic carbocycles. The van der Waals surface area contributed by atoms with Crippen LogP contribution in [0.2, 0.25) is 0 Å². The van der Waals surface area contributed by atoms with Crippen LogP contribution in [0.3, 0.4) is 0 Å². The molecule has 0 fully saturated rings. The summed E-state index contributed by atoms with van der Waals surface area (Å²) in [6, 6.07) is 5.51. The van der Waals surface area contributed by atoms with Crippen LogP contribution in [0.4, 0.5) is 0 Å². The molecule has 37 heavy (non-hydrogen) atoms. The number of alkyl halides is 1. The minimum absolute atomic E-state index is 0.0309. The van der Waals surface area contributed by atoms with Crippen LogP contribution in [-0.4, -0.2) is 75.5 Å². The van der Waals surface area contributed by atoms with Gasteiger partial charge >= 0.3 is 6.02 Å². The first kappa shape index (κ1) is 28.9. The molecule has 2 heterocycles. The number of benzene rings is 1. The van der Waals surface area contributed by atoms with Crippen LogP contribution in [0.15, 0.2) is 50.4 Å². The minimum atomic E-state index is -3.86. The molecule has 0 amide bonds. The second-order valence-corrected chi connectivity index (χ2v) is 10.6. The number of halogens is 1. The molecule has 12 nitrogen and oxygen atoms in total. The molecule has 0 spiro atoms. The molecule has 3 unspecified atom stereocenters. The lowest BCUT2D eigenvalue weighted by atomic mass is 9.94. The van der Waals surface area contributed by atoms with Gasteiger partial charge in [0.25, 0.3) is 10.2 Å². The molecular formula is C23H31BrN6O6S. The van der Waals surface area contributed by atoms with E-state index in [1.165, 1.54) is 6.34 Å². The number of allylic oxidation sites excluding steroid dienone is 1. The van der Waals surface area contributed by atoms with Gasteiger partial charge in [0.05, 0.1) is 10.7 Å². The Morgan fingerprint density at radius 1 is 1.16 bits per heavy atom. The number of aliphatic imine (C=N–C) groups is 4. The molecule has 3 atom stereocenters. The van der Waals surface area contributed by atoms with Gasteiger partial charge in [-0.1, -0.05) is 41.4 Å². The number of aliphatic hydroxyl groups excluding tert-OH is 1. The number of nitrogens with zero attached hydrogens (tertiary/aromatic N) is 4. The van der Waals surface area contributed by atoms with Crippen molar-refractivity contribution >= 4 is 50.6 Å². The summed E-state index contributed by atoms with van der Waals surface area (Å²) >= 11 is 3.40. The summed E-state index contributed by atoms with van der Waals surface area (Å²) in [4.78, 5) is 16.8. The highest BCUT2D eigenvalue weighted by molar-refractivity contribution is 9.10. The molecule has 202 valence electrons. The average molecular weight is 600 g/mol. The zero-order chi connectivity index (χ0) is 26.7. The molecule has 1 aromatic carbocycles. The van der Waals surface area contributed by atoms with E-state index in [-0.39, 0.29) is 30.0 Å². The lowest BCUT2D eigenvalue weighted by molar-refractivity contribution is 0.0977. The van der Waals surface area contributed by atoms with Crippen LogP contribution in [0.1, 0.15) is 36.8 Å². The fourth-order valence-electron chi connectivity index (χ4n) is 3.39. The SMILES string of the molecule is CCCCNS(=O)(=O)NC1N=CN=C(OCCOC2=NC=CC(Br)C=N2)C1c1ccc(C)c(OCO)c1. The van der Waals surface area contributed by atoms with E-state index in [1.54, 1.807) is 24.5 Å². The van der Waals surface area contributed by atoms with E-state index in [9.17, 15) is 13.5 Å². The summed E-state index contributed by atoms with van der Waals surface area (Å²) in [6.07, 6.45) is 6.92. The number of unbranched alkanes of at least 4 members (excludes halogenated alkanes) is 1. The lowest BCUT2D eigenvalue weighted by Gasteiger charge is -2.28. The van der Waals surface area contributed by atoms with Crippen LogP contribution in [0.5, 0.6) is 5.75 Å². The molecule has 3 rings (SSSR count). The number of amidine groups is 1. The second kappa shape index (κ2) is 14.3. The molecule has 0 radical (unpaired) electrons. The average Bonchev–Trinajstić information content (AvgIpc) is 3.07. The number of hydrogen-bond donors (Lipinski definition) is 3. The van der Waals surface area contributed by atoms with Gasteiger partial charge in [-0.05, 0) is 36.6 Å². The third-order valence-electron chi connectivity index (χ3n) is 5.23. The van der Waals surface area contributed by atoms with Crippen molar-refractivity contribution < 1.29 is 27.7 Å². The number of hydrogen-bond acceptors (Lipinski definition) is 10. The van der Waals surface area contributed by atoms with Gasteiger partial charge in [-0.25, -0.2) is 19.7 Å². The zero-order valence-electron chi connectivity index (χ0n) is 20.6. The van der Waals surface area contributed by atoms with E-state index >= 15 is 0 Å². The quantitative estimate of drug-likeness (QED) is 0.190. The summed E-state index contributed by atoms with van der Waals surface area (Å²) in [5.41, 5.74) is 1.44. The van der Waals surface area contributed by atoms with Crippen LogP contribution < -0.4 is 14.2 Å². The van der Waals surface area contributed by atoms with Gasteiger partial charge in [0.15, 0.2) is 6.79 Å². The van der Waals surface area contributed by atoms with Crippen molar-refractivity contribution in [2.75, 3.05) is 26.6 Å². The number of aliphatic hydroxyl groups is 1. The molecule has 0 bridgehead atoms. The van der Waals surface area contributed by atoms with Crippen LogP contribution in [-0.2, 0) is 19.7 Å². The summed E-state index contributed by atoms with van der Waals surface area (Å²) in [5, 5.41) is 9.25. The van der Waals surface area contributed by atoms with E-state index < -0.39 is 29.1 Å². The Labute approximate surface area is 225 Å². The Morgan fingerprint density at radius 2 is 1.97 bits per heavy atom.